The van der Waals surface area contributed by atoms with Crippen LogP contribution in [-0.4, -0.2) is 98.6 Å². The van der Waals surface area contributed by atoms with Gasteiger partial charge in [-0.15, -0.1) is 0 Å². The second-order valence-electron chi connectivity index (χ2n) is 30.2. The predicted octanol–water partition coefficient (Wildman–Crippen LogP) is 12.8. The topological polar surface area (TPSA) is 203 Å². The highest BCUT2D eigenvalue weighted by molar-refractivity contribution is 5.91. The molecule has 0 aromatic heterocycles. The van der Waals surface area contributed by atoms with Gasteiger partial charge in [-0.05, 0) is 212 Å². The van der Waals surface area contributed by atoms with E-state index in [-0.39, 0.29) is 128 Å². The summed E-state index contributed by atoms with van der Waals surface area (Å²) in [6.45, 7) is 18.1. The van der Waals surface area contributed by atoms with Crippen LogP contribution < -0.4 is 0 Å². The van der Waals surface area contributed by atoms with Gasteiger partial charge in [0.2, 0.25) is 0 Å². The van der Waals surface area contributed by atoms with E-state index in [9.17, 15) is 33.6 Å². The van der Waals surface area contributed by atoms with Gasteiger partial charge >= 0.3 is 35.8 Å². The fraction of sp³-hybridized carbons (Fsp3) is 0.897. The molecular formula is C68H106O16. The molecule has 16 heteroatoms. The van der Waals surface area contributed by atoms with Crippen LogP contribution in [-0.2, 0) is 76.2 Å². The summed E-state index contributed by atoms with van der Waals surface area (Å²) in [4.78, 5) is 88.1. The van der Waals surface area contributed by atoms with Crippen LogP contribution in [0.1, 0.15) is 236 Å². The van der Waals surface area contributed by atoms with Crippen molar-refractivity contribution in [2.45, 2.75) is 266 Å². The molecule has 0 aromatic rings. The zero-order valence-corrected chi connectivity index (χ0v) is 52.8. The molecule has 84 heavy (non-hydrogen) atoms. The first-order valence-electron chi connectivity index (χ1n) is 33.5. The third kappa shape index (κ3) is 15.3. The van der Waals surface area contributed by atoms with Crippen LogP contribution >= 0.6 is 0 Å². The summed E-state index contributed by atoms with van der Waals surface area (Å²) in [7, 11) is 0. The van der Waals surface area contributed by atoms with E-state index in [1.807, 2.05) is 62.3 Å². The number of fused-ring (bicyclic) bond motifs is 6. The van der Waals surface area contributed by atoms with Crippen LogP contribution in [0.5, 0.6) is 0 Å². The lowest BCUT2D eigenvalue weighted by Crippen LogP contribution is -2.59. The van der Waals surface area contributed by atoms with E-state index in [0.29, 0.717) is 42.1 Å². The first-order chi connectivity index (χ1) is 40.0. The van der Waals surface area contributed by atoms with Crippen molar-refractivity contribution in [3.63, 3.8) is 0 Å². The SMILES string of the molecule is CCC(C)(C)C(=O)OC1CC2CC(C(=O)OCOC34CC5CC(CC(C5)C3=O)C4)C1C2.CCC(C)(C)C(=O)OC1CC2CC(C(=O)OCOC3CCCCC3)C1C2.CCC(C)(C)C(=O)OC1CC2CC(C(=O)OCOCC3CCCCC3)C1C2. The van der Waals surface area contributed by atoms with Gasteiger partial charge in [-0.2, -0.15) is 0 Å². The zero-order valence-electron chi connectivity index (χ0n) is 52.8. The number of hydrogen-bond donors (Lipinski definition) is 0. The molecule has 474 valence electrons. The van der Waals surface area contributed by atoms with E-state index in [1.54, 1.807) is 0 Å². The van der Waals surface area contributed by atoms with Gasteiger partial charge in [0.15, 0.2) is 26.2 Å². The molecule has 12 aliphatic rings. The summed E-state index contributed by atoms with van der Waals surface area (Å²) in [5.41, 5.74) is -2.15. The van der Waals surface area contributed by atoms with Crippen molar-refractivity contribution in [3.8, 4) is 0 Å². The molecule has 0 saturated heterocycles. The number of ether oxygens (including phenoxy) is 9. The van der Waals surface area contributed by atoms with Crippen molar-refractivity contribution < 1.29 is 76.2 Å². The van der Waals surface area contributed by atoms with Gasteiger partial charge < -0.3 is 42.6 Å². The Labute approximate surface area is 501 Å². The van der Waals surface area contributed by atoms with Crippen molar-refractivity contribution in [1.82, 2.24) is 0 Å². The molecule has 0 amide bonds. The molecule has 0 heterocycles. The van der Waals surface area contributed by atoms with Gasteiger partial charge in [-0.1, -0.05) is 59.3 Å². The Morgan fingerprint density at radius 1 is 0.452 bits per heavy atom. The lowest BCUT2D eigenvalue weighted by molar-refractivity contribution is -0.210. The molecule has 0 aromatic carbocycles. The fourth-order valence-corrected chi connectivity index (χ4v) is 16.9. The Balaban J connectivity index is 0.000000152. The molecule has 12 rings (SSSR count). The standard InChI is InChI=1S/C25H36O6.C22H36O5.C21H34O5/c1-4-24(2,3)23(28)31-20-10-14-8-18(20)19(9-14)22(27)29-13-30-25-11-15-5-16(12-25)7-17(6-15)21(25)26;1-4-22(2,3)21(24)27-19-12-16-10-17(19)18(11-16)20(23)26-14-25-13-15-8-6-5-7-9-15;1-4-21(2,3)20(23)26-18-12-14-10-16(18)17(11-14)19(22)25-13-24-15-8-6-5-7-9-15/h14-20H,4-13H2,1-3H3;15-19H,4-14H2,1-3H3;14-18H,4-13H2,1-3H3. The van der Waals surface area contributed by atoms with E-state index < -0.39 is 21.8 Å². The van der Waals surface area contributed by atoms with Gasteiger partial charge in [0.05, 0.1) is 46.7 Å². The molecule has 0 radical (unpaired) electrons. The number of carbonyl (C=O) groups excluding carboxylic acids is 7. The van der Waals surface area contributed by atoms with Crippen LogP contribution in [0, 0.1) is 93.2 Å². The second kappa shape index (κ2) is 27.8. The number of carbonyl (C=O) groups is 7. The van der Waals surface area contributed by atoms with Gasteiger partial charge in [0, 0.05) is 23.7 Å². The maximum atomic E-state index is 12.9. The largest absolute Gasteiger partial charge is 0.462 e. The quantitative estimate of drug-likeness (QED) is 0.0428. The van der Waals surface area contributed by atoms with Crippen molar-refractivity contribution in [2.75, 3.05) is 27.0 Å². The van der Waals surface area contributed by atoms with Crippen LogP contribution in [0.3, 0.4) is 0 Å². The molecule has 14 unspecified atom stereocenters. The molecule has 10 bridgehead atoms. The third-order valence-electron chi connectivity index (χ3n) is 23.2. The molecular weight excluding hydrogens is 1070 g/mol. The minimum atomic E-state index is -0.715. The van der Waals surface area contributed by atoms with Crippen LogP contribution in [0.2, 0.25) is 0 Å². The maximum absolute atomic E-state index is 12.9. The smallest absolute Gasteiger partial charge is 0.311 e. The molecule has 16 nitrogen and oxygen atoms in total. The van der Waals surface area contributed by atoms with E-state index in [2.05, 4.69) is 0 Å². The predicted molar refractivity (Wildman–Crippen MR) is 311 cm³/mol. The molecule has 12 aliphatic carbocycles. The van der Waals surface area contributed by atoms with E-state index in [4.69, 9.17) is 42.6 Å². The van der Waals surface area contributed by atoms with Crippen molar-refractivity contribution in [2.24, 2.45) is 93.2 Å². The lowest BCUT2D eigenvalue weighted by atomic mass is 9.53. The Kier molecular flexibility index (Phi) is 21.5. The molecule has 0 N–H and O–H groups in total. The summed E-state index contributed by atoms with van der Waals surface area (Å²) in [5.74, 6) is 2.15. The number of Topliss-reactive ketones (excluding diaryl/α,β-unsaturated/α-hetero) is 1. The van der Waals surface area contributed by atoms with Crippen LogP contribution in [0.4, 0.5) is 0 Å². The highest BCUT2D eigenvalue weighted by Gasteiger charge is 2.59. The number of ketones is 1. The average molecular weight is 1180 g/mol. The Hall–Kier alpha value is -3.63. The highest BCUT2D eigenvalue weighted by atomic mass is 16.7. The summed E-state index contributed by atoms with van der Waals surface area (Å²) in [5, 5.41) is 0. The summed E-state index contributed by atoms with van der Waals surface area (Å²) >= 11 is 0. The summed E-state index contributed by atoms with van der Waals surface area (Å²) in [6.07, 6.45) is 26.9. The maximum Gasteiger partial charge on any atom is 0.311 e. The van der Waals surface area contributed by atoms with Crippen LogP contribution in [0.25, 0.3) is 0 Å². The zero-order chi connectivity index (χ0) is 60.1. The molecule has 12 saturated carbocycles. The number of hydrogen-bond acceptors (Lipinski definition) is 16. The van der Waals surface area contributed by atoms with Gasteiger partial charge in [-0.3, -0.25) is 33.6 Å². The summed E-state index contributed by atoms with van der Waals surface area (Å²) < 4.78 is 51.2. The summed E-state index contributed by atoms with van der Waals surface area (Å²) in [6, 6.07) is 0. The highest BCUT2D eigenvalue weighted by Crippen LogP contribution is 2.56. The molecule has 14 atom stereocenters. The molecule has 0 spiro atoms. The fourth-order valence-electron chi connectivity index (χ4n) is 16.9. The Morgan fingerprint density at radius 2 is 0.845 bits per heavy atom. The van der Waals surface area contributed by atoms with Crippen molar-refractivity contribution >= 4 is 41.6 Å². The van der Waals surface area contributed by atoms with Gasteiger partial charge in [-0.25, -0.2) is 0 Å². The van der Waals surface area contributed by atoms with E-state index >= 15 is 0 Å². The van der Waals surface area contributed by atoms with E-state index in [0.717, 1.165) is 116 Å². The monoisotopic (exact) mass is 1180 g/mol. The Bertz CT molecular complexity index is 2280. The minimum Gasteiger partial charge on any atom is -0.462 e. The van der Waals surface area contributed by atoms with Gasteiger partial charge in [0.1, 0.15) is 23.9 Å². The number of esters is 6. The molecule has 0 aliphatic heterocycles. The van der Waals surface area contributed by atoms with E-state index in [1.165, 1.54) is 57.8 Å². The average Bonchev–Trinajstić information content (AvgIpc) is 1.35. The second-order valence-corrected chi connectivity index (χ2v) is 30.2. The van der Waals surface area contributed by atoms with Crippen molar-refractivity contribution in [3.05, 3.63) is 0 Å². The van der Waals surface area contributed by atoms with Gasteiger partial charge in [0.25, 0.3) is 0 Å². The molecule has 12 fully saturated rings. The first-order valence-corrected chi connectivity index (χ1v) is 33.5. The normalized spacial score (nSPS) is 35.6. The lowest BCUT2D eigenvalue weighted by Gasteiger charge is -2.54. The minimum absolute atomic E-state index is 0.0373. The Morgan fingerprint density at radius 3 is 1.25 bits per heavy atom. The number of rotatable bonds is 22. The first kappa shape index (κ1) is 64.8. The van der Waals surface area contributed by atoms with Crippen LogP contribution in [0.15, 0.2) is 0 Å². The third-order valence-corrected chi connectivity index (χ3v) is 23.2. The van der Waals surface area contributed by atoms with Crippen molar-refractivity contribution in [1.29, 1.82) is 0 Å².